The van der Waals surface area contributed by atoms with Gasteiger partial charge in [0, 0.05) is 16.9 Å². The molecule has 0 spiro atoms. The number of hydrogen-bond acceptors (Lipinski definition) is 4. The Balaban J connectivity index is 1.91. The lowest BCUT2D eigenvalue weighted by Gasteiger charge is -2.20. The Morgan fingerprint density at radius 2 is 2.00 bits per heavy atom. The molecule has 3 rings (SSSR count). The van der Waals surface area contributed by atoms with Crippen LogP contribution in [0.1, 0.15) is 23.8 Å². The van der Waals surface area contributed by atoms with E-state index in [1.54, 1.807) is 5.38 Å². The van der Waals surface area contributed by atoms with Gasteiger partial charge < -0.3 is 10.1 Å². The molecular formula is C15H16F2N2OS. The van der Waals surface area contributed by atoms with Gasteiger partial charge in [0.1, 0.15) is 0 Å². The monoisotopic (exact) mass is 310 g/mol. The summed E-state index contributed by atoms with van der Waals surface area (Å²) < 4.78 is 32.6. The molecule has 6 heteroatoms. The molecule has 1 saturated heterocycles. The third-order valence-electron chi connectivity index (χ3n) is 3.75. The highest BCUT2D eigenvalue weighted by molar-refractivity contribution is 7.10. The standard InChI is InChI=1S/C15H16F2N2OS/c1-20-12-3-2-10(13(16)14(12)17)11-8-21-15(19-11)9-4-6-18-7-5-9/h2-3,8-9,18H,4-7H2,1H3. The van der Waals surface area contributed by atoms with Gasteiger partial charge in [0.15, 0.2) is 11.6 Å². The fourth-order valence-electron chi connectivity index (χ4n) is 2.55. The van der Waals surface area contributed by atoms with E-state index in [9.17, 15) is 8.78 Å². The van der Waals surface area contributed by atoms with Crippen LogP contribution in [0.3, 0.4) is 0 Å². The van der Waals surface area contributed by atoms with E-state index in [1.807, 2.05) is 0 Å². The van der Waals surface area contributed by atoms with Crippen molar-refractivity contribution in [1.82, 2.24) is 10.3 Å². The van der Waals surface area contributed by atoms with Gasteiger partial charge in [0.2, 0.25) is 5.82 Å². The quantitative estimate of drug-likeness (QED) is 0.941. The molecule has 1 fully saturated rings. The third-order valence-corrected chi connectivity index (χ3v) is 4.76. The number of aromatic nitrogens is 1. The second-order valence-electron chi connectivity index (χ2n) is 5.04. The maximum atomic E-state index is 14.1. The molecule has 1 aliphatic rings. The van der Waals surface area contributed by atoms with Crippen molar-refractivity contribution in [3.63, 3.8) is 0 Å². The summed E-state index contributed by atoms with van der Waals surface area (Å²) in [6, 6.07) is 2.94. The first-order valence-corrected chi connectivity index (χ1v) is 7.77. The summed E-state index contributed by atoms with van der Waals surface area (Å²) in [7, 11) is 1.32. The fourth-order valence-corrected chi connectivity index (χ4v) is 3.55. The van der Waals surface area contributed by atoms with Crippen LogP contribution in [-0.4, -0.2) is 25.2 Å². The molecule has 0 aliphatic carbocycles. The van der Waals surface area contributed by atoms with Crippen LogP contribution in [0.25, 0.3) is 11.3 Å². The number of piperidine rings is 1. The van der Waals surface area contributed by atoms with Gasteiger partial charge >= 0.3 is 0 Å². The summed E-state index contributed by atoms with van der Waals surface area (Å²) in [5.41, 5.74) is 0.678. The molecule has 1 aromatic carbocycles. The van der Waals surface area contributed by atoms with Crippen molar-refractivity contribution in [2.24, 2.45) is 0 Å². The minimum atomic E-state index is -0.966. The molecule has 0 unspecified atom stereocenters. The maximum absolute atomic E-state index is 14.1. The van der Waals surface area contributed by atoms with E-state index in [2.05, 4.69) is 10.3 Å². The van der Waals surface area contributed by atoms with Crippen LogP contribution in [0.2, 0.25) is 0 Å². The maximum Gasteiger partial charge on any atom is 0.201 e. The van der Waals surface area contributed by atoms with Crippen molar-refractivity contribution in [2.45, 2.75) is 18.8 Å². The first kappa shape index (κ1) is 14.4. The summed E-state index contributed by atoms with van der Waals surface area (Å²) in [4.78, 5) is 4.50. The number of ether oxygens (including phenoxy) is 1. The largest absolute Gasteiger partial charge is 0.494 e. The first-order chi connectivity index (χ1) is 10.2. The second kappa shape index (κ2) is 6.07. The normalized spacial score (nSPS) is 16.1. The number of nitrogens with one attached hydrogen (secondary N) is 1. The highest BCUT2D eigenvalue weighted by Crippen LogP contribution is 2.34. The number of hydrogen-bond donors (Lipinski definition) is 1. The van der Waals surface area contributed by atoms with E-state index in [0.29, 0.717) is 11.6 Å². The Kier molecular flexibility index (Phi) is 4.17. The fraction of sp³-hybridized carbons (Fsp3) is 0.400. The lowest BCUT2D eigenvalue weighted by Crippen LogP contribution is -2.26. The Hall–Kier alpha value is -1.53. The summed E-state index contributed by atoms with van der Waals surface area (Å²) in [6.07, 6.45) is 2.07. The zero-order chi connectivity index (χ0) is 14.8. The van der Waals surface area contributed by atoms with Gasteiger partial charge in [-0.25, -0.2) is 9.37 Å². The van der Waals surface area contributed by atoms with Gasteiger partial charge in [-0.05, 0) is 38.1 Å². The van der Waals surface area contributed by atoms with Crippen LogP contribution in [0, 0.1) is 11.6 Å². The lowest BCUT2D eigenvalue weighted by atomic mass is 9.99. The van der Waals surface area contributed by atoms with E-state index in [0.717, 1.165) is 30.9 Å². The molecule has 1 aromatic heterocycles. The number of halogens is 2. The zero-order valence-electron chi connectivity index (χ0n) is 11.7. The Bertz CT molecular complexity index is 639. The zero-order valence-corrected chi connectivity index (χ0v) is 12.5. The highest BCUT2D eigenvalue weighted by atomic mass is 32.1. The Morgan fingerprint density at radius 3 is 2.71 bits per heavy atom. The van der Waals surface area contributed by atoms with E-state index in [4.69, 9.17) is 4.74 Å². The lowest BCUT2D eigenvalue weighted by molar-refractivity contribution is 0.372. The number of rotatable bonds is 3. The molecule has 2 aromatic rings. The molecule has 21 heavy (non-hydrogen) atoms. The molecule has 1 aliphatic heterocycles. The number of methoxy groups -OCH3 is 1. The Morgan fingerprint density at radius 1 is 1.24 bits per heavy atom. The number of thiazole rings is 1. The van der Waals surface area contributed by atoms with Crippen molar-refractivity contribution < 1.29 is 13.5 Å². The summed E-state index contributed by atoms with van der Waals surface area (Å²) in [5, 5.41) is 6.10. The minimum absolute atomic E-state index is 0.0925. The van der Waals surface area contributed by atoms with Crippen molar-refractivity contribution in [1.29, 1.82) is 0 Å². The van der Waals surface area contributed by atoms with E-state index in [1.165, 1.54) is 30.6 Å². The van der Waals surface area contributed by atoms with Crippen LogP contribution < -0.4 is 10.1 Å². The summed E-state index contributed by atoms with van der Waals surface area (Å²) in [6.45, 7) is 1.95. The highest BCUT2D eigenvalue weighted by Gasteiger charge is 2.21. The molecule has 1 N–H and O–H groups in total. The van der Waals surface area contributed by atoms with Crippen molar-refractivity contribution in [2.75, 3.05) is 20.2 Å². The van der Waals surface area contributed by atoms with Crippen molar-refractivity contribution in [3.8, 4) is 17.0 Å². The van der Waals surface area contributed by atoms with Crippen LogP contribution >= 0.6 is 11.3 Å². The van der Waals surface area contributed by atoms with E-state index < -0.39 is 11.6 Å². The van der Waals surface area contributed by atoms with Crippen molar-refractivity contribution >= 4 is 11.3 Å². The smallest absolute Gasteiger partial charge is 0.201 e. The first-order valence-electron chi connectivity index (χ1n) is 6.89. The summed E-state index contributed by atoms with van der Waals surface area (Å²) in [5.74, 6) is -1.55. The molecule has 0 bridgehead atoms. The van der Waals surface area contributed by atoms with Crippen LogP contribution in [-0.2, 0) is 0 Å². The van der Waals surface area contributed by atoms with Gasteiger partial charge in [-0.1, -0.05) is 0 Å². The van der Waals surface area contributed by atoms with E-state index >= 15 is 0 Å². The SMILES string of the molecule is COc1ccc(-c2csc(C3CCNCC3)n2)c(F)c1F. The summed E-state index contributed by atoms with van der Waals surface area (Å²) >= 11 is 1.52. The average molecular weight is 310 g/mol. The molecule has 3 nitrogen and oxygen atoms in total. The third kappa shape index (κ3) is 2.78. The topological polar surface area (TPSA) is 34.1 Å². The van der Waals surface area contributed by atoms with Crippen LogP contribution in [0.5, 0.6) is 5.75 Å². The molecule has 0 atom stereocenters. The predicted octanol–water partition coefficient (Wildman–Crippen LogP) is 3.56. The molecule has 0 radical (unpaired) electrons. The van der Waals surface area contributed by atoms with Gasteiger partial charge in [0.25, 0.3) is 0 Å². The van der Waals surface area contributed by atoms with Gasteiger partial charge in [-0.2, -0.15) is 4.39 Å². The van der Waals surface area contributed by atoms with Gasteiger partial charge in [0.05, 0.1) is 17.8 Å². The number of nitrogens with zero attached hydrogens (tertiary/aromatic N) is 1. The minimum Gasteiger partial charge on any atom is -0.494 e. The number of benzene rings is 1. The molecule has 2 heterocycles. The van der Waals surface area contributed by atoms with Gasteiger partial charge in [-0.3, -0.25) is 0 Å². The molecule has 112 valence electrons. The molecular weight excluding hydrogens is 294 g/mol. The predicted molar refractivity (Wildman–Crippen MR) is 78.9 cm³/mol. The Labute approximate surface area is 126 Å². The second-order valence-corrected chi connectivity index (χ2v) is 5.93. The average Bonchev–Trinajstić information content (AvgIpc) is 3.00. The van der Waals surface area contributed by atoms with Gasteiger partial charge in [-0.15, -0.1) is 11.3 Å². The molecule has 0 amide bonds. The van der Waals surface area contributed by atoms with E-state index in [-0.39, 0.29) is 11.3 Å². The van der Waals surface area contributed by atoms with Crippen molar-refractivity contribution in [3.05, 3.63) is 34.2 Å². The molecule has 0 saturated carbocycles. The van der Waals surface area contributed by atoms with Crippen LogP contribution in [0.15, 0.2) is 17.5 Å². The van der Waals surface area contributed by atoms with Crippen LogP contribution in [0.4, 0.5) is 8.78 Å².